The van der Waals surface area contributed by atoms with Crippen LogP contribution in [0.25, 0.3) is 0 Å². The van der Waals surface area contributed by atoms with Gasteiger partial charge in [-0.1, -0.05) is 65.7 Å². The zero-order valence-electron chi connectivity index (χ0n) is 18.7. The standard InChI is InChI=1S/C21H44NO4Si/c1-7-8-9-10-11-12-13-14-15-16-20(23)22-19-21(2,3)17-18-27(24-4,25-5)26-6/h12H,7-11,13-19H2,1-6H3,(H,22,23). The Labute approximate surface area is 169 Å². The number of amides is 1. The zero-order chi connectivity index (χ0) is 20.6. The third-order valence-corrected chi connectivity index (χ3v) is 7.86. The van der Waals surface area contributed by atoms with E-state index in [1.54, 1.807) is 21.3 Å². The summed E-state index contributed by atoms with van der Waals surface area (Å²) in [6.07, 6.45) is 13.6. The molecule has 1 amide bonds. The Hall–Kier alpha value is -0.433. The van der Waals surface area contributed by atoms with Gasteiger partial charge in [0.15, 0.2) is 0 Å². The molecular formula is C21H44NO4Si. The van der Waals surface area contributed by atoms with Gasteiger partial charge < -0.3 is 18.6 Å². The highest BCUT2D eigenvalue weighted by Crippen LogP contribution is 2.27. The minimum Gasteiger partial charge on any atom is -0.377 e. The number of carbonyl (C=O) groups is 1. The smallest absolute Gasteiger partial charge is 0.377 e. The van der Waals surface area contributed by atoms with Crippen LogP contribution < -0.4 is 5.32 Å². The lowest BCUT2D eigenvalue weighted by Crippen LogP contribution is -2.44. The first-order chi connectivity index (χ1) is 12.8. The lowest BCUT2D eigenvalue weighted by Gasteiger charge is -2.30. The van der Waals surface area contributed by atoms with Crippen LogP contribution in [0.1, 0.15) is 85.0 Å². The first kappa shape index (κ1) is 26.6. The van der Waals surface area contributed by atoms with Gasteiger partial charge in [-0.25, -0.2) is 0 Å². The Balaban J connectivity index is 3.83. The number of hydrogen-bond donors (Lipinski definition) is 1. The number of carbonyl (C=O) groups excluding carboxylic acids is 1. The van der Waals surface area contributed by atoms with Crippen LogP contribution in [0.3, 0.4) is 0 Å². The van der Waals surface area contributed by atoms with Crippen LogP contribution in [0.5, 0.6) is 0 Å². The molecule has 0 saturated carbocycles. The monoisotopic (exact) mass is 402 g/mol. The maximum Gasteiger partial charge on any atom is 0.500 e. The molecule has 1 N–H and O–H groups in total. The van der Waals surface area contributed by atoms with E-state index in [4.69, 9.17) is 13.3 Å². The molecular weight excluding hydrogens is 358 g/mol. The van der Waals surface area contributed by atoms with E-state index in [1.165, 1.54) is 32.1 Å². The second kappa shape index (κ2) is 15.5. The molecule has 0 aliphatic carbocycles. The topological polar surface area (TPSA) is 56.8 Å². The third kappa shape index (κ3) is 13.4. The maximum atomic E-state index is 12.1. The van der Waals surface area contributed by atoms with Crippen molar-refractivity contribution in [2.45, 2.75) is 91.0 Å². The molecule has 0 unspecified atom stereocenters. The lowest BCUT2D eigenvalue weighted by molar-refractivity contribution is -0.121. The van der Waals surface area contributed by atoms with Gasteiger partial charge >= 0.3 is 8.80 Å². The van der Waals surface area contributed by atoms with E-state index in [9.17, 15) is 4.79 Å². The van der Waals surface area contributed by atoms with E-state index in [-0.39, 0.29) is 11.3 Å². The van der Waals surface area contributed by atoms with Crippen molar-refractivity contribution in [2.24, 2.45) is 5.41 Å². The SMILES string of the molecule is CCCCCC[CH]CCCCC(=O)NCC(C)(C)CC[Si](OC)(OC)OC. The molecule has 6 heteroatoms. The minimum atomic E-state index is -2.54. The summed E-state index contributed by atoms with van der Waals surface area (Å²) in [5, 5.41) is 3.08. The van der Waals surface area contributed by atoms with Gasteiger partial charge in [-0.3, -0.25) is 4.79 Å². The van der Waals surface area contributed by atoms with Crippen LogP contribution in [0.15, 0.2) is 0 Å². The van der Waals surface area contributed by atoms with Gasteiger partial charge in [-0.2, -0.15) is 0 Å². The number of hydrogen-bond acceptors (Lipinski definition) is 4. The first-order valence-corrected chi connectivity index (χ1v) is 12.5. The fourth-order valence-corrected chi connectivity index (χ4v) is 5.09. The number of rotatable bonds is 18. The normalized spacial score (nSPS) is 12.4. The summed E-state index contributed by atoms with van der Waals surface area (Å²) in [4.78, 5) is 12.1. The Kier molecular flexibility index (Phi) is 15.2. The second-order valence-electron chi connectivity index (χ2n) is 8.12. The highest BCUT2D eigenvalue weighted by atomic mass is 28.4. The van der Waals surface area contributed by atoms with Crippen molar-refractivity contribution >= 4 is 14.7 Å². The van der Waals surface area contributed by atoms with E-state index < -0.39 is 8.80 Å². The van der Waals surface area contributed by atoms with Crippen LogP contribution in [0.4, 0.5) is 0 Å². The molecule has 0 aliphatic rings. The van der Waals surface area contributed by atoms with Crippen LogP contribution in [-0.2, 0) is 18.1 Å². The third-order valence-electron chi connectivity index (χ3n) is 5.13. The van der Waals surface area contributed by atoms with Crippen LogP contribution in [0, 0.1) is 11.8 Å². The summed E-state index contributed by atoms with van der Waals surface area (Å²) in [6.45, 7) is 7.21. The van der Waals surface area contributed by atoms with Crippen molar-refractivity contribution in [1.29, 1.82) is 0 Å². The Morgan fingerprint density at radius 1 is 0.963 bits per heavy atom. The molecule has 1 radical (unpaired) electrons. The predicted octanol–water partition coefficient (Wildman–Crippen LogP) is 5.13. The molecule has 0 heterocycles. The molecule has 0 bridgehead atoms. The van der Waals surface area contributed by atoms with Gasteiger partial charge in [0.05, 0.1) is 0 Å². The van der Waals surface area contributed by atoms with Gasteiger partial charge in [0.25, 0.3) is 0 Å². The highest BCUT2D eigenvalue weighted by Gasteiger charge is 2.39. The molecule has 0 fully saturated rings. The predicted molar refractivity (Wildman–Crippen MR) is 115 cm³/mol. The molecule has 27 heavy (non-hydrogen) atoms. The molecule has 0 aromatic carbocycles. The molecule has 5 nitrogen and oxygen atoms in total. The number of nitrogens with one attached hydrogen (secondary N) is 1. The molecule has 0 spiro atoms. The molecule has 0 atom stereocenters. The van der Waals surface area contributed by atoms with Gasteiger partial charge in [0.2, 0.25) is 5.91 Å². The summed E-state index contributed by atoms with van der Waals surface area (Å²) in [6, 6.07) is 0.744. The van der Waals surface area contributed by atoms with Crippen molar-refractivity contribution in [3.05, 3.63) is 6.42 Å². The summed E-state index contributed by atoms with van der Waals surface area (Å²) >= 11 is 0. The van der Waals surface area contributed by atoms with Gasteiger partial charge in [0, 0.05) is 40.3 Å². The summed E-state index contributed by atoms with van der Waals surface area (Å²) in [7, 11) is 2.36. The Morgan fingerprint density at radius 3 is 2.11 bits per heavy atom. The van der Waals surface area contributed by atoms with Crippen molar-refractivity contribution in [3.63, 3.8) is 0 Å². The fraction of sp³-hybridized carbons (Fsp3) is 0.905. The highest BCUT2D eigenvalue weighted by molar-refractivity contribution is 6.60. The van der Waals surface area contributed by atoms with Gasteiger partial charge in [-0.15, -0.1) is 0 Å². The molecule has 0 saturated heterocycles. The molecule has 0 aliphatic heterocycles. The number of unbranched alkanes of at least 4 members (excludes halogenated alkanes) is 8. The van der Waals surface area contributed by atoms with Crippen molar-refractivity contribution in [3.8, 4) is 0 Å². The molecule has 161 valence electrons. The van der Waals surface area contributed by atoms with Gasteiger partial charge in [-0.05, 0) is 24.7 Å². The van der Waals surface area contributed by atoms with E-state index >= 15 is 0 Å². The Bertz CT molecular complexity index is 365. The van der Waals surface area contributed by atoms with Crippen molar-refractivity contribution < 1.29 is 18.1 Å². The first-order valence-electron chi connectivity index (χ1n) is 10.6. The quantitative estimate of drug-likeness (QED) is 0.255. The second-order valence-corrected chi connectivity index (χ2v) is 11.2. The van der Waals surface area contributed by atoms with E-state index in [0.29, 0.717) is 13.0 Å². The van der Waals surface area contributed by atoms with Crippen LogP contribution >= 0.6 is 0 Å². The van der Waals surface area contributed by atoms with Crippen LogP contribution in [0.2, 0.25) is 6.04 Å². The summed E-state index contributed by atoms with van der Waals surface area (Å²) in [5.74, 6) is 0.153. The lowest BCUT2D eigenvalue weighted by atomic mass is 9.90. The molecule has 0 aromatic rings. The average Bonchev–Trinajstić information content (AvgIpc) is 2.67. The van der Waals surface area contributed by atoms with Gasteiger partial charge in [0.1, 0.15) is 0 Å². The summed E-state index contributed by atoms with van der Waals surface area (Å²) in [5.41, 5.74) is -0.0181. The van der Waals surface area contributed by atoms with Crippen molar-refractivity contribution in [2.75, 3.05) is 27.9 Å². The zero-order valence-corrected chi connectivity index (χ0v) is 19.7. The largest absolute Gasteiger partial charge is 0.500 e. The maximum absolute atomic E-state index is 12.1. The summed E-state index contributed by atoms with van der Waals surface area (Å²) < 4.78 is 16.4. The van der Waals surface area contributed by atoms with E-state index in [2.05, 4.69) is 32.5 Å². The van der Waals surface area contributed by atoms with Crippen LogP contribution in [-0.4, -0.2) is 42.6 Å². The fourth-order valence-electron chi connectivity index (χ4n) is 3.00. The van der Waals surface area contributed by atoms with E-state index in [1.807, 2.05) is 0 Å². The average molecular weight is 403 g/mol. The van der Waals surface area contributed by atoms with E-state index in [0.717, 1.165) is 31.7 Å². The molecule has 0 aromatic heterocycles. The minimum absolute atomic E-state index is 0.0181. The van der Waals surface area contributed by atoms with Crippen molar-refractivity contribution in [1.82, 2.24) is 5.32 Å². The Morgan fingerprint density at radius 2 is 1.56 bits per heavy atom. The molecule has 0 rings (SSSR count).